The van der Waals surface area contributed by atoms with Gasteiger partial charge in [-0.1, -0.05) is 42.5 Å². The molecule has 3 aromatic rings. The fourth-order valence-corrected chi connectivity index (χ4v) is 3.83. The summed E-state index contributed by atoms with van der Waals surface area (Å²) in [5.74, 6) is 2.38. The number of morpholine rings is 2. The summed E-state index contributed by atoms with van der Waals surface area (Å²) in [6, 6.07) is 17.9. The number of ether oxygens (including phenoxy) is 3. The monoisotopic (exact) mass is 475 g/mol. The van der Waals surface area contributed by atoms with Crippen molar-refractivity contribution in [3.8, 4) is 5.75 Å². The van der Waals surface area contributed by atoms with E-state index in [4.69, 9.17) is 19.2 Å². The Morgan fingerprint density at radius 2 is 1.40 bits per heavy atom. The minimum atomic E-state index is 0.391. The maximum Gasteiger partial charge on any atom is 0.250 e. The van der Waals surface area contributed by atoms with Crippen LogP contribution in [0.2, 0.25) is 0 Å². The van der Waals surface area contributed by atoms with Gasteiger partial charge in [-0.25, -0.2) is 5.43 Å². The molecule has 2 saturated heterocycles. The molecule has 35 heavy (non-hydrogen) atoms. The van der Waals surface area contributed by atoms with E-state index in [0.29, 0.717) is 50.9 Å². The standard InChI is InChI=1S/C25H29N7O3/c1-2-6-20(7-3-1)19-35-22-9-5-4-8-21(22)18-26-30-23-27-24(31-10-14-33-15-11-31)29-25(28-23)32-12-16-34-17-13-32/h1-9,18H,10-17,19H2,(H,27,28,29,30). The predicted octanol–water partition coefficient (Wildman–Crippen LogP) is 2.57. The zero-order valence-electron chi connectivity index (χ0n) is 19.5. The molecule has 2 aromatic carbocycles. The van der Waals surface area contributed by atoms with Crippen molar-refractivity contribution in [1.29, 1.82) is 0 Å². The third kappa shape index (κ3) is 6.23. The quantitative estimate of drug-likeness (QED) is 0.389. The molecule has 0 bridgehead atoms. The van der Waals surface area contributed by atoms with Crippen LogP contribution in [0.25, 0.3) is 0 Å². The zero-order chi connectivity index (χ0) is 23.7. The second-order valence-corrected chi connectivity index (χ2v) is 8.14. The number of hydrogen-bond donors (Lipinski definition) is 1. The van der Waals surface area contributed by atoms with E-state index in [-0.39, 0.29) is 0 Å². The van der Waals surface area contributed by atoms with E-state index in [1.807, 2.05) is 54.6 Å². The highest BCUT2D eigenvalue weighted by Crippen LogP contribution is 2.20. The van der Waals surface area contributed by atoms with Gasteiger partial charge in [0, 0.05) is 31.7 Å². The fourth-order valence-electron chi connectivity index (χ4n) is 3.83. The Kier molecular flexibility index (Phi) is 7.61. The Balaban J connectivity index is 1.31. The number of hydrogen-bond acceptors (Lipinski definition) is 10. The molecule has 5 rings (SSSR count). The van der Waals surface area contributed by atoms with Gasteiger partial charge < -0.3 is 24.0 Å². The molecule has 2 aliphatic rings. The maximum absolute atomic E-state index is 6.03. The number of para-hydroxylation sites is 1. The summed E-state index contributed by atoms with van der Waals surface area (Å²) in [7, 11) is 0. The minimum Gasteiger partial charge on any atom is -0.488 e. The van der Waals surface area contributed by atoms with Gasteiger partial charge in [-0.2, -0.15) is 20.1 Å². The molecule has 1 N–H and O–H groups in total. The van der Waals surface area contributed by atoms with Gasteiger partial charge in [0.15, 0.2) is 0 Å². The van der Waals surface area contributed by atoms with Crippen LogP contribution in [0.4, 0.5) is 17.8 Å². The second-order valence-electron chi connectivity index (χ2n) is 8.14. The summed E-state index contributed by atoms with van der Waals surface area (Å²) in [6.45, 7) is 6.04. The number of rotatable bonds is 8. The lowest BCUT2D eigenvalue weighted by molar-refractivity contribution is 0.121. The average Bonchev–Trinajstić information content (AvgIpc) is 2.94. The topological polar surface area (TPSA) is 97.2 Å². The summed E-state index contributed by atoms with van der Waals surface area (Å²) >= 11 is 0. The Labute approximate surface area is 204 Å². The normalized spacial score (nSPS) is 16.5. The second kappa shape index (κ2) is 11.6. The Morgan fingerprint density at radius 3 is 2.06 bits per heavy atom. The van der Waals surface area contributed by atoms with Crippen LogP contribution >= 0.6 is 0 Å². The van der Waals surface area contributed by atoms with Crippen LogP contribution in [0, 0.1) is 0 Å². The molecule has 10 nitrogen and oxygen atoms in total. The van der Waals surface area contributed by atoms with Gasteiger partial charge in [-0.05, 0) is 17.7 Å². The molecular weight excluding hydrogens is 446 g/mol. The molecule has 0 atom stereocenters. The van der Waals surface area contributed by atoms with Crippen LogP contribution in [0.15, 0.2) is 59.7 Å². The van der Waals surface area contributed by atoms with Crippen LogP contribution in [-0.4, -0.2) is 73.8 Å². The van der Waals surface area contributed by atoms with Crippen LogP contribution < -0.4 is 20.0 Å². The van der Waals surface area contributed by atoms with E-state index in [9.17, 15) is 0 Å². The van der Waals surface area contributed by atoms with Crippen molar-refractivity contribution in [2.75, 3.05) is 67.8 Å². The van der Waals surface area contributed by atoms with Crippen LogP contribution in [0.1, 0.15) is 11.1 Å². The molecule has 10 heteroatoms. The molecule has 2 fully saturated rings. The average molecular weight is 476 g/mol. The van der Waals surface area contributed by atoms with E-state index < -0.39 is 0 Å². The molecule has 0 saturated carbocycles. The molecule has 0 spiro atoms. The van der Waals surface area contributed by atoms with Crippen molar-refractivity contribution in [1.82, 2.24) is 15.0 Å². The molecule has 182 valence electrons. The van der Waals surface area contributed by atoms with Gasteiger partial charge in [0.25, 0.3) is 0 Å². The van der Waals surface area contributed by atoms with Crippen LogP contribution in [-0.2, 0) is 16.1 Å². The highest BCUT2D eigenvalue weighted by Gasteiger charge is 2.20. The number of anilines is 3. The first-order chi connectivity index (χ1) is 17.3. The summed E-state index contributed by atoms with van der Waals surface area (Å²) in [5.41, 5.74) is 4.95. The highest BCUT2D eigenvalue weighted by atomic mass is 16.5. The Morgan fingerprint density at radius 1 is 0.800 bits per heavy atom. The first-order valence-electron chi connectivity index (χ1n) is 11.8. The number of nitrogens with one attached hydrogen (secondary N) is 1. The van der Waals surface area contributed by atoms with Crippen LogP contribution in [0.3, 0.4) is 0 Å². The predicted molar refractivity (Wildman–Crippen MR) is 134 cm³/mol. The SMILES string of the molecule is C(=NNc1nc(N2CCOCC2)nc(N2CCOCC2)n1)c1ccccc1OCc1ccccc1. The van der Waals surface area contributed by atoms with E-state index in [0.717, 1.165) is 43.1 Å². The Hall–Kier alpha value is -3.76. The lowest BCUT2D eigenvalue weighted by atomic mass is 10.2. The zero-order valence-corrected chi connectivity index (χ0v) is 19.5. The smallest absolute Gasteiger partial charge is 0.250 e. The molecule has 0 unspecified atom stereocenters. The third-order valence-corrected chi connectivity index (χ3v) is 5.72. The third-order valence-electron chi connectivity index (χ3n) is 5.72. The van der Waals surface area contributed by atoms with E-state index in [1.165, 1.54) is 0 Å². The summed E-state index contributed by atoms with van der Waals surface area (Å²) in [5, 5.41) is 4.41. The number of hydrazone groups is 1. The fraction of sp³-hybridized carbons (Fsp3) is 0.360. The number of benzene rings is 2. The van der Waals surface area contributed by atoms with Crippen molar-refractivity contribution in [2.24, 2.45) is 5.10 Å². The molecule has 3 heterocycles. The number of nitrogens with zero attached hydrogens (tertiary/aromatic N) is 6. The highest BCUT2D eigenvalue weighted by molar-refractivity contribution is 5.83. The van der Waals surface area contributed by atoms with Crippen molar-refractivity contribution in [3.05, 3.63) is 65.7 Å². The number of aromatic nitrogens is 3. The van der Waals surface area contributed by atoms with Gasteiger partial charge in [0.05, 0.1) is 32.6 Å². The van der Waals surface area contributed by atoms with Gasteiger partial charge >= 0.3 is 0 Å². The maximum atomic E-state index is 6.03. The molecule has 0 aliphatic carbocycles. The molecule has 0 radical (unpaired) electrons. The van der Waals surface area contributed by atoms with Gasteiger partial charge in [-0.15, -0.1) is 0 Å². The summed E-state index contributed by atoms with van der Waals surface area (Å²) < 4.78 is 17.0. The van der Waals surface area contributed by atoms with E-state index >= 15 is 0 Å². The molecule has 0 amide bonds. The summed E-state index contributed by atoms with van der Waals surface area (Å²) in [6.07, 6.45) is 1.72. The largest absolute Gasteiger partial charge is 0.488 e. The van der Waals surface area contributed by atoms with E-state index in [2.05, 4.69) is 30.3 Å². The molecule has 2 aliphatic heterocycles. The van der Waals surface area contributed by atoms with E-state index in [1.54, 1.807) is 6.21 Å². The van der Waals surface area contributed by atoms with Gasteiger partial charge in [0.1, 0.15) is 12.4 Å². The summed E-state index contributed by atoms with van der Waals surface area (Å²) in [4.78, 5) is 18.2. The minimum absolute atomic E-state index is 0.391. The van der Waals surface area contributed by atoms with Gasteiger partial charge in [-0.3, -0.25) is 0 Å². The van der Waals surface area contributed by atoms with Gasteiger partial charge in [0.2, 0.25) is 17.8 Å². The molecular formula is C25H29N7O3. The lowest BCUT2D eigenvalue weighted by Crippen LogP contribution is -2.40. The first-order valence-corrected chi connectivity index (χ1v) is 11.8. The first kappa shape index (κ1) is 23.0. The Bertz CT molecular complexity index is 1080. The van der Waals surface area contributed by atoms with Crippen LogP contribution in [0.5, 0.6) is 5.75 Å². The van der Waals surface area contributed by atoms with Crippen molar-refractivity contribution in [2.45, 2.75) is 6.61 Å². The van der Waals surface area contributed by atoms with Crippen molar-refractivity contribution >= 4 is 24.1 Å². The lowest BCUT2D eigenvalue weighted by Gasteiger charge is -2.30. The molecule has 1 aromatic heterocycles. The van der Waals surface area contributed by atoms with Crippen molar-refractivity contribution in [3.63, 3.8) is 0 Å². The van der Waals surface area contributed by atoms with Crippen molar-refractivity contribution < 1.29 is 14.2 Å².